The van der Waals surface area contributed by atoms with Crippen molar-refractivity contribution in [1.29, 1.82) is 0 Å². The van der Waals surface area contributed by atoms with Gasteiger partial charge in [-0.15, -0.1) is 0 Å². The second-order valence-electron chi connectivity index (χ2n) is 8.94. The molecule has 13 heteroatoms. The molecule has 0 aromatic carbocycles. The highest BCUT2D eigenvalue weighted by Crippen LogP contribution is 2.07. The smallest absolute Gasteiger partial charge is 0.243 e. The first kappa shape index (κ1) is 32.2. The van der Waals surface area contributed by atoms with Gasteiger partial charge in [-0.2, -0.15) is 0 Å². The first-order valence-corrected chi connectivity index (χ1v) is 12.1. The zero-order chi connectivity index (χ0) is 27.0. The van der Waals surface area contributed by atoms with Crippen molar-refractivity contribution in [3.05, 3.63) is 0 Å². The van der Waals surface area contributed by atoms with Crippen LogP contribution in [-0.4, -0.2) is 66.8 Å². The lowest BCUT2D eigenvalue weighted by Crippen LogP contribution is -2.58. The molecule has 0 heterocycles. The highest BCUT2D eigenvalue weighted by molar-refractivity contribution is 5.94. The van der Waals surface area contributed by atoms with Crippen LogP contribution in [-0.2, 0) is 24.0 Å². The summed E-state index contributed by atoms with van der Waals surface area (Å²) in [6.07, 6.45) is 2.96. The van der Waals surface area contributed by atoms with Crippen LogP contribution in [0.5, 0.6) is 0 Å². The van der Waals surface area contributed by atoms with Gasteiger partial charge >= 0.3 is 0 Å². The average Bonchev–Trinajstić information content (AvgIpc) is 2.78. The number of carbonyl (C=O) groups is 5. The SMILES string of the molecule is CC(C)[C@H](NC(=O)[C@H](CCC(N)=O)NC(=O)[C@H](CCCCN)NC(=O)[C@@H](N)CCCCN)C(N)=O. The van der Waals surface area contributed by atoms with E-state index in [0.29, 0.717) is 38.8 Å². The highest BCUT2D eigenvalue weighted by Gasteiger charge is 2.30. The molecule has 0 fully saturated rings. The van der Waals surface area contributed by atoms with Gasteiger partial charge in [-0.05, 0) is 57.5 Å². The molecule has 13 N–H and O–H groups in total. The van der Waals surface area contributed by atoms with Crippen LogP contribution in [0.2, 0.25) is 0 Å². The Morgan fingerprint density at radius 2 is 1.17 bits per heavy atom. The van der Waals surface area contributed by atoms with Crippen molar-refractivity contribution in [2.24, 2.45) is 34.6 Å². The largest absolute Gasteiger partial charge is 0.370 e. The highest BCUT2D eigenvalue weighted by atomic mass is 16.2. The van der Waals surface area contributed by atoms with E-state index in [9.17, 15) is 24.0 Å². The zero-order valence-electron chi connectivity index (χ0n) is 20.9. The molecule has 13 nitrogen and oxygen atoms in total. The lowest BCUT2D eigenvalue weighted by Gasteiger charge is -2.26. The molecule has 0 aliphatic heterocycles. The maximum Gasteiger partial charge on any atom is 0.243 e. The van der Waals surface area contributed by atoms with Crippen molar-refractivity contribution in [1.82, 2.24) is 16.0 Å². The number of hydrogen-bond donors (Lipinski definition) is 8. The molecule has 0 aliphatic rings. The topological polar surface area (TPSA) is 252 Å². The number of hydrogen-bond acceptors (Lipinski definition) is 8. The first-order chi connectivity index (χ1) is 16.4. The van der Waals surface area contributed by atoms with E-state index < -0.39 is 53.7 Å². The Kier molecular flexibility index (Phi) is 16.2. The maximum absolute atomic E-state index is 13.1. The second kappa shape index (κ2) is 17.6. The Morgan fingerprint density at radius 1 is 0.686 bits per heavy atom. The van der Waals surface area contributed by atoms with Crippen LogP contribution in [0.1, 0.15) is 65.2 Å². The molecule has 0 radical (unpaired) electrons. The first-order valence-electron chi connectivity index (χ1n) is 12.1. The van der Waals surface area contributed by atoms with Crippen molar-refractivity contribution in [2.45, 2.75) is 89.4 Å². The summed E-state index contributed by atoms with van der Waals surface area (Å²) >= 11 is 0. The minimum absolute atomic E-state index is 0.0987. The van der Waals surface area contributed by atoms with Crippen LogP contribution in [0.15, 0.2) is 0 Å². The molecule has 0 bridgehead atoms. The number of primary amides is 2. The molecule has 0 aromatic heterocycles. The molecule has 0 aliphatic carbocycles. The predicted molar refractivity (Wildman–Crippen MR) is 132 cm³/mol. The normalized spacial score (nSPS) is 14.5. The van der Waals surface area contributed by atoms with E-state index in [1.807, 2.05) is 0 Å². The fourth-order valence-corrected chi connectivity index (χ4v) is 3.33. The van der Waals surface area contributed by atoms with Crippen LogP contribution in [0, 0.1) is 5.92 Å². The van der Waals surface area contributed by atoms with E-state index in [2.05, 4.69) is 16.0 Å². The number of amides is 5. The summed E-state index contributed by atoms with van der Waals surface area (Å²) in [5.41, 5.74) is 27.5. The third-order valence-electron chi connectivity index (χ3n) is 5.47. The maximum atomic E-state index is 13.1. The van der Waals surface area contributed by atoms with Gasteiger partial charge in [0.15, 0.2) is 0 Å². The number of nitrogens with two attached hydrogens (primary N) is 5. The summed E-state index contributed by atoms with van der Waals surface area (Å²) in [6, 6.07) is -3.94. The van der Waals surface area contributed by atoms with Crippen molar-refractivity contribution in [2.75, 3.05) is 13.1 Å². The molecule has 5 amide bonds. The molecule has 0 saturated heterocycles. The Balaban J connectivity index is 5.50. The molecule has 0 aromatic rings. The Labute approximate surface area is 207 Å². The summed E-state index contributed by atoms with van der Waals surface area (Å²) in [5.74, 6) is -3.51. The van der Waals surface area contributed by atoms with Crippen molar-refractivity contribution < 1.29 is 24.0 Å². The quantitative estimate of drug-likeness (QED) is 0.0873. The van der Waals surface area contributed by atoms with Crippen LogP contribution in [0.3, 0.4) is 0 Å². The third kappa shape index (κ3) is 13.6. The lowest BCUT2D eigenvalue weighted by molar-refractivity contribution is -0.134. The summed E-state index contributed by atoms with van der Waals surface area (Å²) in [6.45, 7) is 4.30. The molecule has 0 unspecified atom stereocenters. The molecular weight excluding hydrogens is 456 g/mol. The zero-order valence-corrected chi connectivity index (χ0v) is 20.9. The van der Waals surface area contributed by atoms with E-state index in [-0.39, 0.29) is 25.2 Å². The monoisotopic (exact) mass is 500 g/mol. The second-order valence-corrected chi connectivity index (χ2v) is 8.94. The molecular formula is C22H44N8O5. The van der Waals surface area contributed by atoms with E-state index in [0.717, 1.165) is 6.42 Å². The van der Waals surface area contributed by atoms with Crippen LogP contribution >= 0.6 is 0 Å². The van der Waals surface area contributed by atoms with Gasteiger partial charge in [0.1, 0.15) is 18.1 Å². The van der Waals surface area contributed by atoms with E-state index in [4.69, 9.17) is 28.7 Å². The number of rotatable bonds is 19. The Bertz CT molecular complexity index is 703. The van der Waals surface area contributed by atoms with Crippen molar-refractivity contribution in [3.63, 3.8) is 0 Å². The van der Waals surface area contributed by atoms with Crippen molar-refractivity contribution in [3.8, 4) is 0 Å². The Hall–Kier alpha value is -2.77. The van der Waals surface area contributed by atoms with Crippen LogP contribution in [0.4, 0.5) is 0 Å². The number of unbranched alkanes of at least 4 members (excludes halogenated alkanes) is 2. The molecule has 0 rings (SSSR count). The summed E-state index contributed by atoms with van der Waals surface area (Å²) < 4.78 is 0. The average molecular weight is 501 g/mol. The molecule has 4 atom stereocenters. The number of carbonyl (C=O) groups excluding carboxylic acids is 5. The van der Waals surface area contributed by atoms with Crippen molar-refractivity contribution >= 4 is 29.5 Å². The fraction of sp³-hybridized carbons (Fsp3) is 0.773. The minimum atomic E-state index is -1.18. The van der Waals surface area contributed by atoms with Gasteiger partial charge in [0.05, 0.1) is 6.04 Å². The van der Waals surface area contributed by atoms with E-state index in [1.165, 1.54) is 0 Å². The van der Waals surface area contributed by atoms with Gasteiger partial charge in [-0.3, -0.25) is 24.0 Å². The summed E-state index contributed by atoms with van der Waals surface area (Å²) in [5, 5.41) is 7.72. The molecule has 35 heavy (non-hydrogen) atoms. The predicted octanol–water partition coefficient (Wildman–Crippen LogP) is -2.57. The summed E-state index contributed by atoms with van der Waals surface area (Å²) in [4.78, 5) is 61.5. The molecule has 0 saturated carbocycles. The van der Waals surface area contributed by atoms with Gasteiger partial charge in [-0.25, -0.2) is 0 Å². The minimum Gasteiger partial charge on any atom is -0.370 e. The van der Waals surface area contributed by atoms with Crippen LogP contribution < -0.4 is 44.6 Å². The van der Waals surface area contributed by atoms with Gasteiger partial charge < -0.3 is 44.6 Å². The van der Waals surface area contributed by atoms with Gasteiger partial charge in [0.25, 0.3) is 0 Å². The van der Waals surface area contributed by atoms with Gasteiger partial charge in [-0.1, -0.05) is 20.3 Å². The standard InChI is InChI=1S/C22H44N8O5/c1-13(2)18(19(27)32)30-22(35)16(9-10-17(26)31)29-21(34)15(8-4-6-12-24)28-20(33)14(25)7-3-5-11-23/h13-16,18H,3-12,23-25H2,1-2H3,(H2,26,31)(H2,27,32)(H,28,33)(H,29,34)(H,30,35)/t14-,15-,16-,18-/m0/s1. The van der Waals surface area contributed by atoms with Crippen LogP contribution in [0.25, 0.3) is 0 Å². The summed E-state index contributed by atoms with van der Waals surface area (Å²) in [7, 11) is 0. The number of nitrogens with one attached hydrogen (secondary N) is 3. The molecule has 202 valence electrons. The van der Waals surface area contributed by atoms with E-state index >= 15 is 0 Å². The fourth-order valence-electron chi connectivity index (χ4n) is 3.33. The third-order valence-corrected chi connectivity index (χ3v) is 5.47. The van der Waals surface area contributed by atoms with E-state index in [1.54, 1.807) is 13.8 Å². The Morgan fingerprint density at radius 3 is 1.66 bits per heavy atom. The van der Waals surface area contributed by atoms with Gasteiger partial charge in [0.2, 0.25) is 29.5 Å². The van der Waals surface area contributed by atoms with Gasteiger partial charge in [0, 0.05) is 6.42 Å². The molecule has 0 spiro atoms. The lowest BCUT2D eigenvalue weighted by atomic mass is 10.0.